The molecule has 0 radical (unpaired) electrons. The van der Waals surface area contributed by atoms with Gasteiger partial charge in [-0.2, -0.15) is 0 Å². The fourth-order valence-corrected chi connectivity index (χ4v) is 5.17. The maximum atomic E-state index is 10.9. The van der Waals surface area contributed by atoms with Crippen LogP contribution >= 0.6 is 0 Å². The first-order valence-electron chi connectivity index (χ1n) is 12.1. The highest BCUT2D eigenvalue weighted by atomic mass is 16.7. The van der Waals surface area contributed by atoms with Crippen molar-refractivity contribution >= 4 is 17.5 Å². The van der Waals surface area contributed by atoms with Crippen LogP contribution in [-0.4, -0.2) is 115 Å². The van der Waals surface area contributed by atoms with Crippen LogP contribution in [0.4, 0.5) is 0 Å². The number of aliphatic carboxylic acids is 1. The van der Waals surface area contributed by atoms with Gasteiger partial charge in [-0.25, -0.2) is 0 Å². The minimum absolute atomic E-state index is 0.0136. The molecule has 4 heterocycles. The van der Waals surface area contributed by atoms with Crippen LogP contribution in [0.3, 0.4) is 0 Å². The largest absolute Gasteiger partial charge is 0.480 e. The average molecular weight is 472 g/mol. The average Bonchev–Trinajstić information content (AvgIpc) is 3.50. The number of amidine groups is 1. The number of likely N-dealkylation sites (tertiary alicyclic amines) is 1. The number of hydrogen-bond donors (Lipinski definition) is 2. The van der Waals surface area contributed by atoms with E-state index < -0.39 is 11.8 Å². The lowest BCUT2D eigenvalue weighted by atomic mass is 10.0. The summed E-state index contributed by atoms with van der Waals surface area (Å²) in [6, 6.07) is 8.02. The van der Waals surface area contributed by atoms with Crippen molar-refractivity contribution in [1.82, 2.24) is 14.7 Å². The van der Waals surface area contributed by atoms with Gasteiger partial charge in [0.2, 0.25) is 0 Å². The number of rotatable bonds is 6. The Morgan fingerprint density at radius 2 is 1.68 bits per heavy atom. The summed E-state index contributed by atoms with van der Waals surface area (Å²) in [5.41, 5.74) is 2.85. The molecule has 5 rings (SSSR count). The summed E-state index contributed by atoms with van der Waals surface area (Å²) in [4.78, 5) is 22.9. The number of nitrogens with zero attached hydrogens (tertiary/aromatic N) is 4. The molecule has 10 nitrogen and oxygen atoms in total. The number of benzene rings is 1. The van der Waals surface area contributed by atoms with Crippen LogP contribution in [0, 0.1) is 5.41 Å². The normalized spacial score (nSPS) is 25.4. The number of ether oxygens (including phenoxy) is 2. The standard InChI is InChI=1S/C24H33N5O5/c25-23(29-7-5-24(6-8-29)32-13-14-33-24)19-3-1-18(2-4-19)21-15-20(34-26-21)16-27-9-11-28(12-10-27)17-22(30)31/h1-4,20,25H,5-17H2,(H,30,31). The molecule has 0 bridgehead atoms. The smallest absolute Gasteiger partial charge is 0.317 e. The van der Waals surface area contributed by atoms with Gasteiger partial charge in [-0.15, -0.1) is 0 Å². The second-order valence-electron chi connectivity index (χ2n) is 9.46. The lowest BCUT2D eigenvalue weighted by molar-refractivity contribution is -0.180. The van der Waals surface area contributed by atoms with E-state index in [0.717, 1.165) is 81.9 Å². The lowest BCUT2D eigenvalue weighted by Gasteiger charge is -2.38. The van der Waals surface area contributed by atoms with E-state index >= 15 is 0 Å². The maximum Gasteiger partial charge on any atom is 0.317 e. The number of hydrogen-bond acceptors (Lipinski definition) is 8. The summed E-state index contributed by atoms with van der Waals surface area (Å²) in [6.45, 7) is 6.95. The van der Waals surface area contributed by atoms with Crippen molar-refractivity contribution in [3.8, 4) is 0 Å². The Kier molecular flexibility index (Phi) is 6.82. The van der Waals surface area contributed by atoms with Crippen LogP contribution in [0.15, 0.2) is 29.4 Å². The first-order valence-corrected chi connectivity index (χ1v) is 12.1. The zero-order valence-corrected chi connectivity index (χ0v) is 19.4. The summed E-state index contributed by atoms with van der Waals surface area (Å²) < 4.78 is 11.6. The molecule has 34 heavy (non-hydrogen) atoms. The molecule has 10 heteroatoms. The van der Waals surface area contributed by atoms with Gasteiger partial charge in [0, 0.05) is 70.6 Å². The Hall–Kier alpha value is -2.53. The number of piperidine rings is 1. The van der Waals surface area contributed by atoms with Gasteiger partial charge in [-0.1, -0.05) is 29.4 Å². The first-order chi connectivity index (χ1) is 16.5. The van der Waals surface area contributed by atoms with Crippen molar-refractivity contribution in [2.24, 2.45) is 5.16 Å². The highest BCUT2D eigenvalue weighted by Crippen LogP contribution is 2.31. The van der Waals surface area contributed by atoms with E-state index in [9.17, 15) is 4.79 Å². The van der Waals surface area contributed by atoms with Gasteiger partial charge >= 0.3 is 5.97 Å². The molecule has 4 aliphatic rings. The van der Waals surface area contributed by atoms with E-state index in [2.05, 4.69) is 15.0 Å². The van der Waals surface area contributed by atoms with Crippen LogP contribution in [0.5, 0.6) is 0 Å². The predicted molar refractivity (Wildman–Crippen MR) is 125 cm³/mol. The molecule has 0 aliphatic carbocycles. The Morgan fingerprint density at radius 3 is 2.32 bits per heavy atom. The maximum absolute atomic E-state index is 10.9. The second-order valence-corrected chi connectivity index (χ2v) is 9.46. The third-order valence-electron chi connectivity index (χ3n) is 7.17. The zero-order chi connectivity index (χ0) is 23.5. The number of carboxylic acid groups (broad SMARTS) is 1. The van der Waals surface area contributed by atoms with Gasteiger partial charge in [0.1, 0.15) is 11.9 Å². The summed E-state index contributed by atoms with van der Waals surface area (Å²) in [7, 11) is 0. The lowest BCUT2D eigenvalue weighted by Crippen LogP contribution is -2.49. The van der Waals surface area contributed by atoms with Crippen molar-refractivity contribution in [2.45, 2.75) is 31.2 Å². The second kappa shape index (κ2) is 9.99. The number of nitrogens with one attached hydrogen (secondary N) is 1. The molecular formula is C24H33N5O5. The van der Waals surface area contributed by atoms with Crippen LogP contribution in [-0.2, 0) is 19.1 Å². The molecule has 0 saturated carbocycles. The van der Waals surface area contributed by atoms with E-state index in [-0.39, 0.29) is 12.6 Å². The van der Waals surface area contributed by atoms with Gasteiger partial charge < -0.3 is 24.3 Å². The SMILES string of the molecule is N=C(c1ccc(C2=NOC(CN3CCN(CC(=O)O)CC3)C2)cc1)N1CCC2(CC1)OCCO2. The Labute approximate surface area is 199 Å². The number of oxime groups is 1. The van der Waals surface area contributed by atoms with Gasteiger partial charge in [0.15, 0.2) is 5.79 Å². The third kappa shape index (κ3) is 5.25. The topological polar surface area (TPSA) is 111 Å². The molecule has 1 unspecified atom stereocenters. The van der Waals surface area contributed by atoms with E-state index in [1.165, 1.54) is 0 Å². The quantitative estimate of drug-likeness (QED) is 0.468. The molecule has 3 saturated heterocycles. The fourth-order valence-electron chi connectivity index (χ4n) is 5.17. The van der Waals surface area contributed by atoms with Crippen molar-refractivity contribution in [2.75, 3.05) is 65.6 Å². The van der Waals surface area contributed by atoms with E-state index in [0.29, 0.717) is 19.0 Å². The number of carboxylic acids is 1. The van der Waals surface area contributed by atoms with Crippen LogP contribution in [0.1, 0.15) is 30.4 Å². The highest BCUT2D eigenvalue weighted by molar-refractivity contribution is 6.02. The van der Waals surface area contributed by atoms with Crippen LogP contribution in [0.25, 0.3) is 0 Å². The highest BCUT2D eigenvalue weighted by Gasteiger charge is 2.40. The Balaban J connectivity index is 1.09. The van der Waals surface area contributed by atoms with E-state index in [1.54, 1.807) is 0 Å². The van der Waals surface area contributed by atoms with Crippen molar-refractivity contribution in [1.29, 1.82) is 5.41 Å². The van der Waals surface area contributed by atoms with E-state index in [1.807, 2.05) is 29.2 Å². The van der Waals surface area contributed by atoms with Gasteiger partial charge in [0.25, 0.3) is 0 Å². The summed E-state index contributed by atoms with van der Waals surface area (Å²) in [5, 5.41) is 21.9. The number of piperazine rings is 1. The fraction of sp³-hybridized carbons (Fsp3) is 0.625. The summed E-state index contributed by atoms with van der Waals surface area (Å²) in [5.74, 6) is -0.669. The molecule has 2 N–H and O–H groups in total. The van der Waals surface area contributed by atoms with Crippen molar-refractivity contribution in [3.63, 3.8) is 0 Å². The molecule has 4 aliphatic heterocycles. The van der Waals surface area contributed by atoms with Crippen molar-refractivity contribution < 1.29 is 24.2 Å². The molecule has 1 spiro atoms. The summed E-state index contributed by atoms with van der Waals surface area (Å²) in [6.07, 6.45) is 2.34. The molecule has 1 atom stereocenters. The monoisotopic (exact) mass is 471 g/mol. The predicted octanol–water partition coefficient (Wildman–Crippen LogP) is 1.05. The van der Waals surface area contributed by atoms with Gasteiger partial charge in [0.05, 0.1) is 25.5 Å². The molecular weight excluding hydrogens is 438 g/mol. The minimum Gasteiger partial charge on any atom is -0.480 e. The van der Waals surface area contributed by atoms with E-state index in [4.69, 9.17) is 24.8 Å². The summed E-state index contributed by atoms with van der Waals surface area (Å²) >= 11 is 0. The molecule has 0 amide bonds. The molecule has 1 aromatic carbocycles. The third-order valence-corrected chi connectivity index (χ3v) is 7.17. The first kappa shape index (κ1) is 23.2. The zero-order valence-electron chi connectivity index (χ0n) is 19.4. The van der Waals surface area contributed by atoms with Gasteiger partial charge in [-0.05, 0) is 5.56 Å². The Bertz CT molecular complexity index is 912. The van der Waals surface area contributed by atoms with Crippen molar-refractivity contribution in [3.05, 3.63) is 35.4 Å². The molecule has 0 aromatic heterocycles. The molecule has 184 valence electrons. The van der Waals surface area contributed by atoms with Crippen LogP contribution in [0.2, 0.25) is 0 Å². The number of carbonyl (C=O) groups is 1. The molecule has 3 fully saturated rings. The molecule has 1 aromatic rings. The Morgan fingerprint density at radius 1 is 1.03 bits per heavy atom. The van der Waals surface area contributed by atoms with Crippen LogP contribution < -0.4 is 0 Å². The minimum atomic E-state index is -0.774. The van der Waals surface area contributed by atoms with Gasteiger partial charge in [-0.3, -0.25) is 20.0 Å².